The Labute approximate surface area is 108 Å². The van der Waals surface area contributed by atoms with Gasteiger partial charge < -0.3 is 0 Å². The molecule has 0 spiro atoms. The molecule has 88 valence electrons. The third-order valence-corrected chi connectivity index (χ3v) is 4.58. The first-order valence-corrected chi connectivity index (χ1v) is 7.37. The van der Waals surface area contributed by atoms with Gasteiger partial charge in [-0.3, -0.25) is 0 Å². The summed E-state index contributed by atoms with van der Waals surface area (Å²) in [7, 11) is 0. The van der Waals surface area contributed by atoms with Crippen LogP contribution in [0.25, 0.3) is 0 Å². The quantitative estimate of drug-likeness (QED) is 0.711. The van der Waals surface area contributed by atoms with E-state index in [2.05, 4.69) is 48.0 Å². The first kappa shape index (κ1) is 12.2. The molecule has 0 aliphatic heterocycles. The van der Waals surface area contributed by atoms with Crippen molar-refractivity contribution in [1.82, 2.24) is 0 Å². The molecule has 2 atom stereocenters. The van der Waals surface area contributed by atoms with Crippen LogP contribution in [0.2, 0.25) is 0 Å². The molecule has 2 rings (SSSR count). The Bertz CT molecular complexity index is 354. The zero-order valence-electron chi connectivity index (χ0n) is 10.3. The number of fused-ring (bicyclic) bond motifs is 1. The maximum absolute atomic E-state index is 3.72. The molecule has 0 bridgehead atoms. The molecular weight excluding hydrogens is 260 g/mol. The summed E-state index contributed by atoms with van der Waals surface area (Å²) in [5.74, 6) is 0.763. The lowest BCUT2D eigenvalue weighted by atomic mass is 9.93. The number of alkyl halides is 1. The maximum Gasteiger partial charge on any atom is 0.0148 e. The molecule has 0 saturated heterocycles. The van der Waals surface area contributed by atoms with E-state index in [1.807, 2.05) is 0 Å². The van der Waals surface area contributed by atoms with E-state index in [9.17, 15) is 0 Å². The number of halogens is 1. The van der Waals surface area contributed by atoms with E-state index in [1.54, 1.807) is 11.1 Å². The molecule has 0 N–H and O–H groups in total. The van der Waals surface area contributed by atoms with E-state index in [0.29, 0.717) is 4.83 Å². The van der Waals surface area contributed by atoms with Crippen LogP contribution in [0.3, 0.4) is 0 Å². The third kappa shape index (κ3) is 2.68. The van der Waals surface area contributed by atoms with Gasteiger partial charge in [-0.05, 0) is 48.3 Å². The van der Waals surface area contributed by atoms with Crippen LogP contribution in [-0.2, 0) is 19.3 Å². The molecule has 1 aromatic rings. The van der Waals surface area contributed by atoms with Crippen molar-refractivity contribution in [2.45, 2.75) is 50.8 Å². The Morgan fingerprint density at radius 1 is 1.25 bits per heavy atom. The molecule has 0 amide bonds. The SMILES string of the molecule is CCC(Cc1ccc2c(c1)CCC2)C(C)Br. The van der Waals surface area contributed by atoms with Gasteiger partial charge in [-0.15, -0.1) is 0 Å². The van der Waals surface area contributed by atoms with Gasteiger partial charge in [0.2, 0.25) is 0 Å². The summed E-state index contributed by atoms with van der Waals surface area (Å²) in [6.45, 7) is 4.55. The summed E-state index contributed by atoms with van der Waals surface area (Å²) in [5.41, 5.74) is 4.72. The monoisotopic (exact) mass is 280 g/mol. The Balaban J connectivity index is 2.10. The van der Waals surface area contributed by atoms with E-state index in [0.717, 1.165) is 5.92 Å². The highest BCUT2D eigenvalue weighted by atomic mass is 79.9. The molecule has 1 aliphatic carbocycles. The van der Waals surface area contributed by atoms with Crippen molar-refractivity contribution in [1.29, 1.82) is 0 Å². The molecule has 0 radical (unpaired) electrons. The lowest BCUT2D eigenvalue weighted by Gasteiger charge is -2.18. The predicted molar refractivity (Wildman–Crippen MR) is 74.3 cm³/mol. The molecule has 16 heavy (non-hydrogen) atoms. The first-order chi connectivity index (χ1) is 7.70. The first-order valence-electron chi connectivity index (χ1n) is 6.45. The van der Waals surface area contributed by atoms with Crippen LogP contribution < -0.4 is 0 Å². The van der Waals surface area contributed by atoms with Crippen molar-refractivity contribution in [3.8, 4) is 0 Å². The molecular formula is C15H21Br. The van der Waals surface area contributed by atoms with Gasteiger partial charge in [0.05, 0.1) is 0 Å². The van der Waals surface area contributed by atoms with E-state index < -0.39 is 0 Å². The topological polar surface area (TPSA) is 0 Å². The average Bonchev–Trinajstić information content (AvgIpc) is 2.72. The summed E-state index contributed by atoms with van der Waals surface area (Å²) in [5, 5.41) is 0. The third-order valence-electron chi connectivity index (χ3n) is 3.83. The van der Waals surface area contributed by atoms with Crippen LogP contribution in [0.15, 0.2) is 18.2 Å². The summed E-state index contributed by atoms with van der Waals surface area (Å²) >= 11 is 3.72. The van der Waals surface area contributed by atoms with Gasteiger partial charge in [0, 0.05) is 4.83 Å². The van der Waals surface area contributed by atoms with Crippen LogP contribution in [0.1, 0.15) is 43.4 Å². The number of hydrogen-bond donors (Lipinski definition) is 0. The van der Waals surface area contributed by atoms with Crippen LogP contribution in [0.4, 0.5) is 0 Å². The van der Waals surface area contributed by atoms with Crippen molar-refractivity contribution in [3.63, 3.8) is 0 Å². The number of rotatable bonds is 4. The number of aryl methyl sites for hydroxylation is 2. The molecule has 0 nitrogen and oxygen atoms in total. The Morgan fingerprint density at radius 3 is 2.69 bits per heavy atom. The largest absolute Gasteiger partial charge is 0.0891 e. The Kier molecular flexibility index (Phi) is 4.07. The zero-order chi connectivity index (χ0) is 11.5. The van der Waals surface area contributed by atoms with Crippen molar-refractivity contribution < 1.29 is 0 Å². The summed E-state index contributed by atoms with van der Waals surface area (Å²) in [4.78, 5) is 0.616. The molecule has 0 fully saturated rings. The predicted octanol–water partition coefficient (Wildman–Crippen LogP) is 4.53. The van der Waals surface area contributed by atoms with Crippen LogP contribution >= 0.6 is 15.9 Å². The molecule has 0 heterocycles. The molecule has 1 heteroatoms. The molecule has 0 aromatic heterocycles. The highest BCUT2D eigenvalue weighted by molar-refractivity contribution is 9.09. The standard InChI is InChI=1S/C15H21Br/c1-3-13(11(2)16)9-12-7-8-14-5-4-6-15(14)10-12/h7-8,10-11,13H,3-6,9H2,1-2H3. The second kappa shape index (κ2) is 5.35. The van der Waals surface area contributed by atoms with E-state index in [1.165, 1.54) is 37.7 Å². The van der Waals surface area contributed by atoms with Gasteiger partial charge in [-0.1, -0.05) is 54.4 Å². The zero-order valence-corrected chi connectivity index (χ0v) is 11.9. The number of hydrogen-bond acceptors (Lipinski definition) is 0. The van der Waals surface area contributed by atoms with Gasteiger partial charge in [0.1, 0.15) is 0 Å². The van der Waals surface area contributed by atoms with Crippen LogP contribution in [0.5, 0.6) is 0 Å². The highest BCUT2D eigenvalue weighted by Gasteiger charge is 2.15. The van der Waals surface area contributed by atoms with Crippen LogP contribution in [-0.4, -0.2) is 4.83 Å². The fourth-order valence-electron chi connectivity index (χ4n) is 2.69. The van der Waals surface area contributed by atoms with Gasteiger partial charge in [-0.25, -0.2) is 0 Å². The fraction of sp³-hybridized carbons (Fsp3) is 0.600. The Hall–Kier alpha value is -0.300. The van der Waals surface area contributed by atoms with Gasteiger partial charge in [0.25, 0.3) is 0 Å². The minimum Gasteiger partial charge on any atom is -0.0891 e. The van der Waals surface area contributed by atoms with Crippen molar-refractivity contribution in [2.75, 3.05) is 0 Å². The van der Waals surface area contributed by atoms with Crippen molar-refractivity contribution in [2.24, 2.45) is 5.92 Å². The van der Waals surface area contributed by atoms with E-state index >= 15 is 0 Å². The summed E-state index contributed by atoms with van der Waals surface area (Å²) in [6.07, 6.45) is 6.41. The van der Waals surface area contributed by atoms with Crippen molar-refractivity contribution in [3.05, 3.63) is 34.9 Å². The van der Waals surface area contributed by atoms with Crippen molar-refractivity contribution >= 4 is 15.9 Å². The average molecular weight is 281 g/mol. The van der Waals surface area contributed by atoms with Crippen LogP contribution in [0, 0.1) is 5.92 Å². The van der Waals surface area contributed by atoms with E-state index in [-0.39, 0.29) is 0 Å². The fourth-order valence-corrected chi connectivity index (χ4v) is 3.25. The lowest BCUT2D eigenvalue weighted by molar-refractivity contribution is 0.508. The summed E-state index contributed by atoms with van der Waals surface area (Å²) in [6, 6.07) is 7.13. The normalized spacial score (nSPS) is 18.2. The Morgan fingerprint density at radius 2 is 2.00 bits per heavy atom. The molecule has 2 unspecified atom stereocenters. The second-order valence-electron chi connectivity index (χ2n) is 5.01. The lowest BCUT2D eigenvalue weighted by Crippen LogP contribution is -2.13. The van der Waals surface area contributed by atoms with Gasteiger partial charge in [-0.2, -0.15) is 0 Å². The molecule has 0 saturated carbocycles. The highest BCUT2D eigenvalue weighted by Crippen LogP contribution is 2.26. The minimum absolute atomic E-state index is 0.616. The second-order valence-corrected chi connectivity index (χ2v) is 6.45. The molecule has 1 aliphatic rings. The van der Waals surface area contributed by atoms with Gasteiger partial charge in [0.15, 0.2) is 0 Å². The van der Waals surface area contributed by atoms with Gasteiger partial charge >= 0.3 is 0 Å². The number of benzene rings is 1. The molecule has 1 aromatic carbocycles. The summed E-state index contributed by atoms with van der Waals surface area (Å²) < 4.78 is 0. The minimum atomic E-state index is 0.616. The maximum atomic E-state index is 3.72. The van der Waals surface area contributed by atoms with E-state index in [4.69, 9.17) is 0 Å². The smallest absolute Gasteiger partial charge is 0.0148 e.